The Morgan fingerprint density at radius 1 is 1.10 bits per heavy atom. The van der Waals surface area contributed by atoms with Gasteiger partial charge in [0.25, 0.3) is 0 Å². The quantitative estimate of drug-likeness (QED) is 0.378. The van der Waals surface area contributed by atoms with Crippen LogP contribution in [0.4, 0.5) is 0 Å². The van der Waals surface area contributed by atoms with Crippen LogP contribution in [0.15, 0.2) is 75.7 Å². The maximum Gasteiger partial charge on any atom is 0.168 e. The van der Waals surface area contributed by atoms with Crippen molar-refractivity contribution in [2.75, 3.05) is 6.61 Å². The van der Waals surface area contributed by atoms with Gasteiger partial charge < -0.3 is 9.64 Å². The molecule has 0 amide bonds. The number of thioether (sulfide) groups is 1. The third-order valence-corrected chi connectivity index (χ3v) is 7.96. The second kappa shape index (κ2) is 6.63. The lowest BCUT2D eigenvalue weighted by molar-refractivity contribution is 0.0708. The first-order valence-corrected chi connectivity index (χ1v) is 11.9. The van der Waals surface area contributed by atoms with Gasteiger partial charge in [-0.3, -0.25) is 4.99 Å². The molecule has 0 aliphatic carbocycles. The molecule has 0 spiro atoms. The summed E-state index contributed by atoms with van der Waals surface area (Å²) in [5, 5.41) is 5.72. The number of halogens is 1. The predicted molar refractivity (Wildman–Crippen MR) is 129 cm³/mol. The summed E-state index contributed by atoms with van der Waals surface area (Å²) in [6, 6.07) is 19.5. The van der Waals surface area contributed by atoms with Gasteiger partial charge in [-0.05, 0) is 59.4 Å². The maximum atomic E-state index is 6.36. The first kappa shape index (κ1) is 18.5. The van der Waals surface area contributed by atoms with E-state index in [0.717, 1.165) is 15.4 Å². The fourth-order valence-corrected chi connectivity index (χ4v) is 6.15. The average molecular weight is 477 g/mol. The van der Waals surface area contributed by atoms with E-state index in [0.29, 0.717) is 6.61 Å². The van der Waals surface area contributed by atoms with Gasteiger partial charge in [-0.2, -0.15) is 0 Å². The van der Waals surface area contributed by atoms with E-state index in [4.69, 9.17) is 9.73 Å². The fraction of sp³-hybridized carbons (Fsp3) is 0.240. The van der Waals surface area contributed by atoms with Gasteiger partial charge in [0.2, 0.25) is 0 Å². The van der Waals surface area contributed by atoms with Crippen molar-refractivity contribution in [3.8, 4) is 16.9 Å². The van der Waals surface area contributed by atoms with E-state index in [1.54, 1.807) is 11.8 Å². The maximum absolute atomic E-state index is 6.36. The lowest BCUT2D eigenvalue weighted by atomic mass is 9.74. The van der Waals surface area contributed by atoms with Crippen molar-refractivity contribution in [2.24, 2.45) is 10.9 Å². The molecule has 6 rings (SSSR count). The smallest absolute Gasteiger partial charge is 0.168 e. The van der Waals surface area contributed by atoms with Crippen LogP contribution < -0.4 is 4.74 Å². The zero-order valence-corrected chi connectivity index (χ0v) is 19.2. The molecule has 0 saturated heterocycles. The van der Waals surface area contributed by atoms with Gasteiger partial charge in [0.1, 0.15) is 5.75 Å². The highest BCUT2D eigenvalue weighted by molar-refractivity contribution is 9.10. The van der Waals surface area contributed by atoms with Gasteiger partial charge in [-0.1, -0.05) is 64.1 Å². The third-order valence-electron chi connectivity index (χ3n) is 6.66. The Hall–Kier alpha value is -2.24. The highest BCUT2D eigenvalue weighted by atomic mass is 79.9. The number of amidine groups is 1. The minimum absolute atomic E-state index is 0.0613. The van der Waals surface area contributed by atoms with Gasteiger partial charge in [0, 0.05) is 27.7 Å². The summed E-state index contributed by atoms with van der Waals surface area (Å²) in [6.45, 7) is 5.30. The largest absolute Gasteiger partial charge is 0.493 e. The van der Waals surface area contributed by atoms with E-state index < -0.39 is 0 Å². The van der Waals surface area contributed by atoms with Crippen molar-refractivity contribution >= 4 is 43.6 Å². The standard InChI is InChI=1S/C25H21BrN2OS/c1-25(2)19-14-29-20-11-8-16-4-3-5-18(15-6-9-17(26)10-7-15)21(16)22(20)23(19)27-24-28(25)12-13-30-24/h3-13,19,23H,14H2,1-2H3. The highest BCUT2D eigenvalue weighted by Gasteiger charge is 2.49. The van der Waals surface area contributed by atoms with Crippen LogP contribution in [-0.4, -0.2) is 22.2 Å². The summed E-state index contributed by atoms with van der Waals surface area (Å²) >= 11 is 5.28. The van der Waals surface area contributed by atoms with Crippen LogP contribution in [0.2, 0.25) is 0 Å². The number of ether oxygens (including phenoxy) is 1. The van der Waals surface area contributed by atoms with Crippen LogP contribution in [0.5, 0.6) is 5.75 Å². The van der Waals surface area contributed by atoms with E-state index in [1.807, 2.05) is 0 Å². The molecule has 0 radical (unpaired) electrons. The number of hydrogen-bond acceptors (Lipinski definition) is 4. The van der Waals surface area contributed by atoms with E-state index in [9.17, 15) is 0 Å². The van der Waals surface area contributed by atoms with Crippen molar-refractivity contribution in [1.82, 2.24) is 4.90 Å². The minimum atomic E-state index is -0.0613. The lowest BCUT2D eigenvalue weighted by Gasteiger charge is -2.49. The minimum Gasteiger partial charge on any atom is -0.493 e. The van der Waals surface area contributed by atoms with Crippen LogP contribution in [0, 0.1) is 5.92 Å². The van der Waals surface area contributed by atoms with Crippen LogP contribution in [0.3, 0.4) is 0 Å². The molecule has 0 bridgehead atoms. The first-order chi connectivity index (χ1) is 14.5. The second-order valence-electron chi connectivity index (χ2n) is 8.59. The van der Waals surface area contributed by atoms with Crippen molar-refractivity contribution in [3.63, 3.8) is 0 Å². The number of rotatable bonds is 1. The molecule has 0 saturated carbocycles. The van der Waals surface area contributed by atoms with Crippen molar-refractivity contribution in [1.29, 1.82) is 0 Å². The van der Waals surface area contributed by atoms with E-state index >= 15 is 0 Å². The molecule has 3 aliphatic rings. The van der Waals surface area contributed by atoms with Gasteiger partial charge in [-0.25, -0.2) is 0 Å². The lowest BCUT2D eigenvalue weighted by Crippen LogP contribution is -2.55. The average Bonchev–Trinajstić information content (AvgIpc) is 3.23. The molecule has 150 valence electrons. The number of aliphatic imine (C=N–C) groups is 1. The summed E-state index contributed by atoms with van der Waals surface area (Å²) in [6.07, 6.45) is 2.16. The Morgan fingerprint density at radius 3 is 2.77 bits per heavy atom. The SMILES string of the molecule is CC1(C)C2COc3ccc4cccc(-c5ccc(Br)cc5)c4c3C2N=C2SC=CN21. The molecular formula is C25H21BrN2OS. The second-order valence-corrected chi connectivity index (χ2v) is 10.4. The summed E-state index contributed by atoms with van der Waals surface area (Å²) in [4.78, 5) is 7.57. The molecule has 0 aromatic heterocycles. The molecule has 2 unspecified atom stereocenters. The molecule has 0 fully saturated rings. The first-order valence-electron chi connectivity index (χ1n) is 10.2. The zero-order valence-electron chi connectivity index (χ0n) is 16.8. The van der Waals surface area contributed by atoms with Crippen molar-refractivity contribution in [2.45, 2.75) is 25.4 Å². The van der Waals surface area contributed by atoms with Gasteiger partial charge in [-0.15, -0.1) is 0 Å². The van der Waals surface area contributed by atoms with Gasteiger partial charge in [0.15, 0.2) is 5.17 Å². The molecule has 30 heavy (non-hydrogen) atoms. The topological polar surface area (TPSA) is 24.8 Å². The predicted octanol–water partition coefficient (Wildman–Crippen LogP) is 6.99. The van der Waals surface area contributed by atoms with Crippen LogP contribution >= 0.6 is 27.7 Å². The highest BCUT2D eigenvalue weighted by Crippen LogP contribution is 2.52. The Labute approximate surface area is 189 Å². The van der Waals surface area contributed by atoms with Crippen molar-refractivity contribution in [3.05, 3.63) is 76.2 Å². The zero-order chi connectivity index (χ0) is 20.5. The normalized spacial score (nSPS) is 23.4. The Bertz CT molecular complexity index is 1230. The molecule has 3 nitrogen and oxygen atoms in total. The Balaban J connectivity index is 1.63. The number of hydrogen-bond donors (Lipinski definition) is 0. The number of nitrogens with zero attached hydrogens (tertiary/aromatic N) is 2. The third kappa shape index (κ3) is 2.61. The molecule has 3 aliphatic heterocycles. The Kier molecular flexibility index (Phi) is 4.09. The molecule has 5 heteroatoms. The fourth-order valence-electron chi connectivity index (χ4n) is 5.00. The summed E-state index contributed by atoms with van der Waals surface area (Å²) in [7, 11) is 0. The summed E-state index contributed by atoms with van der Waals surface area (Å²) < 4.78 is 7.45. The molecular weight excluding hydrogens is 456 g/mol. The summed E-state index contributed by atoms with van der Waals surface area (Å²) in [5.74, 6) is 1.25. The van der Waals surface area contributed by atoms with Crippen molar-refractivity contribution < 1.29 is 4.74 Å². The van der Waals surface area contributed by atoms with Crippen LogP contribution in [-0.2, 0) is 0 Å². The molecule has 3 aromatic rings. The molecule has 3 aromatic carbocycles. The van der Waals surface area contributed by atoms with Crippen LogP contribution in [0.25, 0.3) is 21.9 Å². The van der Waals surface area contributed by atoms with Gasteiger partial charge in [0.05, 0.1) is 12.6 Å². The number of benzene rings is 3. The monoisotopic (exact) mass is 476 g/mol. The molecule has 0 N–H and O–H groups in total. The summed E-state index contributed by atoms with van der Waals surface area (Å²) in [5.41, 5.74) is 3.61. The molecule has 3 heterocycles. The number of fused-ring (bicyclic) bond motifs is 6. The van der Waals surface area contributed by atoms with E-state index in [1.165, 1.54) is 27.5 Å². The van der Waals surface area contributed by atoms with Crippen LogP contribution in [0.1, 0.15) is 25.5 Å². The Morgan fingerprint density at radius 2 is 1.93 bits per heavy atom. The molecule has 2 atom stereocenters. The van der Waals surface area contributed by atoms with E-state index in [-0.39, 0.29) is 17.5 Å². The van der Waals surface area contributed by atoms with E-state index in [2.05, 4.69) is 101 Å². The van der Waals surface area contributed by atoms with Gasteiger partial charge >= 0.3 is 0 Å².